The minimum Gasteiger partial charge on any atom is -0.270 e. The first-order chi connectivity index (χ1) is 15.3. The molecule has 0 aromatic heterocycles. The number of fused-ring (bicyclic) bond motifs is 1. The summed E-state index contributed by atoms with van der Waals surface area (Å²) in [5.41, 5.74) is 3.50. The highest BCUT2D eigenvalue weighted by molar-refractivity contribution is 6.33. The molecule has 0 bridgehead atoms. The molecule has 0 spiro atoms. The fourth-order valence-electron chi connectivity index (χ4n) is 3.43. The second kappa shape index (κ2) is 8.46. The first-order valence-corrected chi connectivity index (χ1v) is 9.90. The number of imide groups is 1. The van der Waals surface area contributed by atoms with Crippen molar-refractivity contribution >= 4 is 41.5 Å². The van der Waals surface area contributed by atoms with Gasteiger partial charge in [-0.2, -0.15) is 5.43 Å². The van der Waals surface area contributed by atoms with Crippen LogP contribution in [0.1, 0.15) is 11.1 Å². The Morgan fingerprint density at radius 2 is 1.88 bits per heavy atom. The Morgan fingerprint density at radius 3 is 2.56 bits per heavy atom. The lowest BCUT2D eigenvalue weighted by molar-refractivity contribution is -0.553. The number of hydrogen-bond donors (Lipinski definition) is 1. The van der Waals surface area contributed by atoms with Crippen molar-refractivity contribution in [2.45, 2.75) is 12.6 Å². The van der Waals surface area contributed by atoms with Gasteiger partial charge in [-0.15, -0.1) is 5.10 Å². The number of likely N-dealkylation sites (N-methyl/N-ethyl adjacent to an activating group) is 2. The van der Waals surface area contributed by atoms with Crippen LogP contribution in [0.3, 0.4) is 0 Å². The van der Waals surface area contributed by atoms with Gasteiger partial charge in [0.1, 0.15) is 11.6 Å². The van der Waals surface area contributed by atoms with Crippen LogP contribution in [0.2, 0.25) is 5.02 Å². The minimum absolute atomic E-state index is 0.0820. The summed E-state index contributed by atoms with van der Waals surface area (Å²) in [7, 11) is 2.90. The number of rotatable bonds is 4. The third-order valence-corrected chi connectivity index (χ3v) is 5.48. The zero-order chi connectivity index (χ0) is 23.0. The molecular formula is C21H18ClF2N6O2+. The van der Waals surface area contributed by atoms with E-state index >= 15 is 0 Å². The monoisotopic (exact) mass is 459 g/mol. The number of hydrazone groups is 1. The number of amidine groups is 1. The molecule has 4 rings (SSSR count). The molecule has 2 heterocycles. The molecule has 1 fully saturated rings. The Balaban J connectivity index is 1.70. The van der Waals surface area contributed by atoms with Gasteiger partial charge < -0.3 is 0 Å². The average molecular weight is 460 g/mol. The molecule has 1 saturated heterocycles. The number of amides is 3. The van der Waals surface area contributed by atoms with E-state index in [0.717, 1.165) is 4.90 Å². The molecule has 164 valence electrons. The van der Waals surface area contributed by atoms with Crippen LogP contribution >= 0.6 is 11.6 Å². The molecule has 2 aromatic rings. The number of guanidine groups is 1. The highest BCUT2D eigenvalue weighted by Crippen LogP contribution is 2.21. The lowest BCUT2D eigenvalue weighted by Crippen LogP contribution is -2.61. The van der Waals surface area contributed by atoms with Gasteiger partial charge >= 0.3 is 12.0 Å². The summed E-state index contributed by atoms with van der Waals surface area (Å²) in [4.78, 5) is 31.9. The van der Waals surface area contributed by atoms with Gasteiger partial charge in [-0.25, -0.2) is 18.2 Å². The first-order valence-electron chi connectivity index (χ1n) is 9.53. The van der Waals surface area contributed by atoms with Gasteiger partial charge in [0.05, 0.1) is 23.3 Å². The number of carbonyl (C=O) groups excluding carboxylic acids is 2. The number of hydrogen-bond acceptors (Lipinski definition) is 5. The van der Waals surface area contributed by atoms with E-state index in [0.29, 0.717) is 5.56 Å². The predicted octanol–water partition coefficient (Wildman–Crippen LogP) is 2.41. The maximum Gasteiger partial charge on any atom is 0.414 e. The van der Waals surface area contributed by atoms with Gasteiger partial charge in [0.15, 0.2) is 0 Å². The summed E-state index contributed by atoms with van der Waals surface area (Å²) < 4.78 is 28.9. The molecule has 8 nitrogen and oxygen atoms in total. The van der Waals surface area contributed by atoms with Crippen LogP contribution in [0.4, 0.5) is 13.6 Å². The number of halogens is 3. The summed E-state index contributed by atoms with van der Waals surface area (Å²) in [6, 6.07) is 8.63. The average Bonchev–Trinajstić information content (AvgIpc) is 3.12. The molecule has 0 saturated carbocycles. The standard InChI is InChI=1S/C21H17ClF2N6O2/c1-28-18-17(19(31)29(2)21(28)32)30(11-12-6-8-13(23)9-7-12)20(26-18)27-25-10-14-15(22)4-3-5-16(14)24/h3-10,17H,11H2,1-2H3/p+1/b25-10+. The molecule has 1 atom stereocenters. The van der Waals surface area contributed by atoms with Crippen molar-refractivity contribution < 1.29 is 22.9 Å². The van der Waals surface area contributed by atoms with Crippen molar-refractivity contribution in [1.29, 1.82) is 0 Å². The van der Waals surface area contributed by atoms with Gasteiger partial charge in [0.25, 0.3) is 5.91 Å². The van der Waals surface area contributed by atoms with E-state index < -0.39 is 23.8 Å². The van der Waals surface area contributed by atoms with Gasteiger partial charge in [0, 0.05) is 14.1 Å². The van der Waals surface area contributed by atoms with E-state index in [9.17, 15) is 18.4 Å². The summed E-state index contributed by atoms with van der Waals surface area (Å²) in [5, 5.41) is 4.20. The number of urea groups is 1. The number of aliphatic imine (C=N–C) groups is 1. The van der Waals surface area contributed by atoms with Crippen LogP contribution in [0, 0.1) is 11.6 Å². The van der Waals surface area contributed by atoms with Gasteiger partial charge in [-0.3, -0.25) is 14.6 Å². The number of carbonyl (C=O) groups is 2. The van der Waals surface area contributed by atoms with Crippen LogP contribution < -0.4 is 5.43 Å². The largest absolute Gasteiger partial charge is 0.414 e. The van der Waals surface area contributed by atoms with E-state index in [4.69, 9.17) is 11.6 Å². The van der Waals surface area contributed by atoms with Crippen LogP contribution in [-0.2, 0) is 11.3 Å². The lowest BCUT2D eigenvalue weighted by atomic mass is 10.1. The summed E-state index contributed by atoms with van der Waals surface area (Å²) in [6.07, 6.45) is 1.20. The van der Waals surface area contributed by atoms with Gasteiger partial charge in [-0.1, -0.05) is 34.8 Å². The smallest absolute Gasteiger partial charge is 0.270 e. The Bertz CT molecular complexity index is 1180. The fourth-order valence-corrected chi connectivity index (χ4v) is 3.64. The summed E-state index contributed by atoms with van der Waals surface area (Å²) in [6.45, 7) is 0.178. The zero-order valence-corrected chi connectivity index (χ0v) is 17.8. The Labute approximate surface area is 187 Å². The van der Waals surface area contributed by atoms with Crippen LogP contribution in [0.15, 0.2) is 52.6 Å². The molecule has 32 heavy (non-hydrogen) atoms. The fraction of sp³-hybridized carbons (Fsp3) is 0.190. The summed E-state index contributed by atoms with van der Waals surface area (Å²) >= 11 is 6.01. The number of benzene rings is 2. The van der Waals surface area contributed by atoms with Crippen molar-refractivity contribution in [3.8, 4) is 0 Å². The van der Waals surface area contributed by atoms with E-state index in [1.165, 1.54) is 55.5 Å². The van der Waals surface area contributed by atoms with Crippen molar-refractivity contribution in [2.75, 3.05) is 14.1 Å². The molecule has 1 unspecified atom stereocenters. The van der Waals surface area contributed by atoms with E-state index in [1.807, 2.05) is 0 Å². The molecule has 2 aliphatic rings. The number of nitrogens with one attached hydrogen (secondary N) is 1. The molecule has 0 radical (unpaired) electrons. The van der Waals surface area contributed by atoms with Crippen molar-refractivity contribution in [3.63, 3.8) is 0 Å². The van der Waals surface area contributed by atoms with Crippen LogP contribution in [0.25, 0.3) is 0 Å². The Hall–Kier alpha value is -3.66. The van der Waals surface area contributed by atoms with Crippen molar-refractivity contribution in [2.24, 2.45) is 10.1 Å². The molecule has 2 aromatic carbocycles. The Morgan fingerprint density at radius 1 is 1.16 bits per heavy atom. The second-order valence-electron chi connectivity index (χ2n) is 7.19. The molecule has 2 aliphatic heterocycles. The SMILES string of the molecule is CN1C(=O)C2C(=NC(N/N=C/c3c(F)cccc3Cl)=[N+]2Cc2ccc(F)cc2)N(C)C1=O. The Kier molecular flexibility index (Phi) is 5.70. The van der Waals surface area contributed by atoms with Crippen molar-refractivity contribution in [3.05, 3.63) is 70.2 Å². The molecule has 1 N–H and O–H groups in total. The highest BCUT2D eigenvalue weighted by atomic mass is 35.5. The summed E-state index contributed by atoms with van der Waals surface area (Å²) in [5.74, 6) is -1.01. The molecule has 0 aliphatic carbocycles. The molecule has 3 amide bonds. The highest BCUT2D eigenvalue weighted by Gasteiger charge is 2.51. The van der Waals surface area contributed by atoms with Crippen molar-refractivity contribution in [1.82, 2.24) is 15.2 Å². The van der Waals surface area contributed by atoms with Gasteiger partial charge in [0.2, 0.25) is 11.9 Å². The van der Waals surface area contributed by atoms with E-state index in [1.54, 1.807) is 16.7 Å². The van der Waals surface area contributed by atoms with Crippen LogP contribution in [0.5, 0.6) is 0 Å². The third-order valence-electron chi connectivity index (χ3n) is 5.15. The maximum atomic E-state index is 14.0. The maximum absolute atomic E-state index is 14.0. The minimum atomic E-state index is -0.887. The third kappa shape index (κ3) is 3.84. The van der Waals surface area contributed by atoms with Gasteiger partial charge in [-0.05, 0) is 29.8 Å². The zero-order valence-electron chi connectivity index (χ0n) is 17.1. The topological polar surface area (TPSA) is 80.4 Å². The first kappa shape index (κ1) is 21.6. The lowest BCUT2D eigenvalue weighted by Gasteiger charge is -2.31. The second-order valence-corrected chi connectivity index (χ2v) is 7.60. The molecule has 11 heteroatoms. The molecular weight excluding hydrogens is 442 g/mol. The van der Waals surface area contributed by atoms with Crippen LogP contribution in [-0.4, -0.2) is 64.5 Å². The normalized spacial score (nSPS) is 18.5. The van der Waals surface area contributed by atoms with E-state index in [-0.39, 0.29) is 34.7 Å². The number of nitrogens with zero attached hydrogens (tertiary/aromatic N) is 5. The van der Waals surface area contributed by atoms with E-state index in [2.05, 4.69) is 15.5 Å². The quantitative estimate of drug-likeness (QED) is 0.433. The predicted molar refractivity (Wildman–Crippen MR) is 115 cm³/mol.